The third-order valence-corrected chi connectivity index (χ3v) is 8.06. The molecule has 3 aliphatic rings. The molecule has 5 unspecified atom stereocenters. The first-order valence-electron chi connectivity index (χ1n) is 11.4. The fourth-order valence-corrected chi connectivity index (χ4v) is 5.98. The van der Waals surface area contributed by atoms with Gasteiger partial charge >= 0.3 is 0 Å². The Bertz CT molecular complexity index is 652. The molecule has 8 nitrogen and oxygen atoms in total. The number of alkyl halides is 3. The standard InChI is InChI=1S/C21H35ClF2N2O6S/c1-9(22)13(19-16(28)15(27)17(29)21(32-19)33-2)26-20(30)14-18-11(8-25-14)7-10(5-6-31-18)3-4-12(23)24/h9-19,21,25,27-29H,3-8H2,1-2H3,(H,26,30)/t9-,10+,11-,13+,14-,15?,16?,17?,18+,19?,21?/m0/s1. The second-order valence-electron chi connectivity index (χ2n) is 9.23. The van der Waals surface area contributed by atoms with Gasteiger partial charge in [0.05, 0.1) is 17.5 Å². The number of thioether (sulfide) groups is 1. The van der Waals surface area contributed by atoms with Crippen molar-refractivity contribution in [1.29, 1.82) is 0 Å². The summed E-state index contributed by atoms with van der Waals surface area (Å²) in [6, 6.07) is -1.49. The third kappa shape index (κ3) is 6.49. The zero-order valence-electron chi connectivity index (χ0n) is 18.8. The molecular weight excluding hydrogens is 482 g/mol. The monoisotopic (exact) mass is 516 g/mol. The van der Waals surface area contributed by atoms with E-state index in [0.717, 1.165) is 0 Å². The van der Waals surface area contributed by atoms with Crippen molar-refractivity contribution in [1.82, 2.24) is 10.6 Å². The van der Waals surface area contributed by atoms with Crippen molar-refractivity contribution < 1.29 is 38.4 Å². The Kier molecular flexibility index (Phi) is 10.0. The molecule has 3 aliphatic heterocycles. The Hall–Kier alpha value is -0.270. The number of nitrogens with one attached hydrogen (secondary N) is 2. The SMILES string of the molecule is CSC1OC([C@H](NC(=O)[C@H]2NC[C@@H]3C[C@H](CCC(F)F)CCO[C@H]32)[C@H](C)Cl)C(O)C(O)C1O. The molecule has 0 saturated carbocycles. The summed E-state index contributed by atoms with van der Waals surface area (Å²) in [7, 11) is 0. The van der Waals surface area contributed by atoms with E-state index in [2.05, 4.69) is 10.6 Å². The van der Waals surface area contributed by atoms with Crippen LogP contribution in [0.1, 0.15) is 32.6 Å². The number of carbonyl (C=O) groups excluding carboxylic acids is 1. The number of halogens is 3. The number of rotatable bonds is 8. The highest BCUT2D eigenvalue weighted by Gasteiger charge is 2.49. The lowest BCUT2D eigenvalue weighted by Crippen LogP contribution is -2.65. The lowest BCUT2D eigenvalue weighted by atomic mass is 9.87. The van der Waals surface area contributed by atoms with E-state index in [-0.39, 0.29) is 24.2 Å². The topological polar surface area (TPSA) is 120 Å². The van der Waals surface area contributed by atoms with Crippen LogP contribution in [0.4, 0.5) is 8.78 Å². The second kappa shape index (κ2) is 12.1. The Balaban J connectivity index is 1.65. The molecular formula is C21H35ClF2N2O6S. The van der Waals surface area contributed by atoms with Gasteiger partial charge < -0.3 is 35.4 Å². The average molecular weight is 517 g/mol. The first-order chi connectivity index (χ1) is 15.6. The van der Waals surface area contributed by atoms with Crippen molar-refractivity contribution in [3.63, 3.8) is 0 Å². The van der Waals surface area contributed by atoms with Crippen LogP contribution in [-0.4, -0.2) is 100 Å². The molecule has 0 aromatic heterocycles. The highest BCUT2D eigenvalue weighted by Crippen LogP contribution is 2.34. The minimum absolute atomic E-state index is 0.0344. The maximum absolute atomic E-state index is 13.2. The molecule has 0 aliphatic carbocycles. The molecule has 11 atom stereocenters. The molecule has 5 N–H and O–H groups in total. The summed E-state index contributed by atoms with van der Waals surface area (Å²) >= 11 is 7.52. The van der Waals surface area contributed by atoms with E-state index in [1.54, 1.807) is 13.2 Å². The molecule has 0 aromatic carbocycles. The Morgan fingerprint density at radius 3 is 2.64 bits per heavy atom. The number of aliphatic hydroxyl groups is 3. The zero-order chi connectivity index (χ0) is 24.3. The van der Waals surface area contributed by atoms with Gasteiger partial charge in [-0.05, 0) is 44.3 Å². The number of hydrogen-bond acceptors (Lipinski definition) is 8. The smallest absolute Gasteiger partial charge is 0.240 e. The van der Waals surface area contributed by atoms with E-state index in [1.807, 2.05) is 0 Å². The molecule has 3 saturated heterocycles. The summed E-state index contributed by atoms with van der Waals surface area (Å²) in [5.74, 6) is -0.203. The summed E-state index contributed by atoms with van der Waals surface area (Å²) < 4.78 is 37.0. The fraction of sp³-hybridized carbons (Fsp3) is 0.952. The first kappa shape index (κ1) is 27.3. The van der Waals surface area contributed by atoms with Crippen LogP contribution in [0.5, 0.6) is 0 Å². The molecule has 3 rings (SSSR count). The van der Waals surface area contributed by atoms with Crippen LogP contribution >= 0.6 is 23.4 Å². The molecule has 1 amide bonds. The van der Waals surface area contributed by atoms with Gasteiger partial charge in [-0.1, -0.05) is 0 Å². The summed E-state index contributed by atoms with van der Waals surface area (Å²) in [6.07, 6.45) is -4.48. The van der Waals surface area contributed by atoms with Gasteiger partial charge in [-0.2, -0.15) is 0 Å². The first-order valence-corrected chi connectivity index (χ1v) is 13.2. The lowest BCUT2D eigenvalue weighted by Gasteiger charge is -2.44. The molecule has 0 bridgehead atoms. The number of hydrogen-bond donors (Lipinski definition) is 5. The van der Waals surface area contributed by atoms with E-state index < -0.39 is 59.8 Å². The summed E-state index contributed by atoms with van der Waals surface area (Å²) in [6.45, 7) is 2.59. The molecule has 192 valence electrons. The average Bonchev–Trinajstić information content (AvgIpc) is 3.05. The van der Waals surface area contributed by atoms with Crippen molar-refractivity contribution in [3.05, 3.63) is 0 Å². The predicted molar refractivity (Wildman–Crippen MR) is 120 cm³/mol. The zero-order valence-corrected chi connectivity index (χ0v) is 20.4. The van der Waals surface area contributed by atoms with Crippen molar-refractivity contribution >= 4 is 29.3 Å². The number of amides is 1. The van der Waals surface area contributed by atoms with Crippen LogP contribution < -0.4 is 10.6 Å². The van der Waals surface area contributed by atoms with Gasteiger partial charge in [0.25, 0.3) is 0 Å². The summed E-state index contributed by atoms with van der Waals surface area (Å²) in [5, 5.41) is 36.2. The van der Waals surface area contributed by atoms with E-state index in [1.165, 1.54) is 11.8 Å². The van der Waals surface area contributed by atoms with Crippen LogP contribution in [-0.2, 0) is 14.3 Å². The number of fused-ring (bicyclic) bond motifs is 1. The van der Waals surface area contributed by atoms with Crippen LogP contribution in [0.2, 0.25) is 0 Å². The molecule has 12 heteroatoms. The largest absolute Gasteiger partial charge is 0.388 e. The Morgan fingerprint density at radius 2 is 2.00 bits per heavy atom. The number of ether oxygens (including phenoxy) is 2. The van der Waals surface area contributed by atoms with Crippen LogP contribution in [0.15, 0.2) is 0 Å². The molecule has 0 aromatic rings. The van der Waals surface area contributed by atoms with Crippen LogP contribution in [0.3, 0.4) is 0 Å². The second-order valence-corrected chi connectivity index (χ2v) is 10.9. The fourth-order valence-electron chi connectivity index (χ4n) is 5.09. The van der Waals surface area contributed by atoms with Crippen molar-refractivity contribution in [2.75, 3.05) is 19.4 Å². The molecule has 3 heterocycles. The third-order valence-electron chi connectivity index (χ3n) is 6.94. The molecule has 3 fully saturated rings. The van der Waals surface area contributed by atoms with E-state index in [4.69, 9.17) is 21.1 Å². The van der Waals surface area contributed by atoms with Gasteiger partial charge in [-0.25, -0.2) is 8.78 Å². The van der Waals surface area contributed by atoms with Gasteiger partial charge in [-0.3, -0.25) is 4.79 Å². The molecule has 0 spiro atoms. The number of aliphatic hydroxyl groups excluding tert-OH is 3. The molecule has 33 heavy (non-hydrogen) atoms. The maximum Gasteiger partial charge on any atom is 0.240 e. The lowest BCUT2D eigenvalue weighted by molar-refractivity contribution is -0.205. The normalized spacial score (nSPS) is 41.3. The van der Waals surface area contributed by atoms with Gasteiger partial charge in [0.15, 0.2) is 0 Å². The Morgan fingerprint density at radius 1 is 1.27 bits per heavy atom. The van der Waals surface area contributed by atoms with Gasteiger partial charge in [0.2, 0.25) is 12.3 Å². The van der Waals surface area contributed by atoms with Crippen LogP contribution in [0, 0.1) is 11.8 Å². The highest BCUT2D eigenvalue weighted by atomic mass is 35.5. The Labute approximate surface area is 202 Å². The van der Waals surface area contributed by atoms with E-state index in [9.17, 15) is 28.9 Å². The van der Waals surface area contributed by atoms with E-state index in [0.29, 0.717) is 32.4 Å². The highest BCUT2D eigenvalue weighted by molar-refractivity contribution is 7.99. The predicted octanol–water partition coefficient (Wildman–Crippen LogP) is 0.698. The minimum Gasteiger partial charge on any atom is -0.388 e. The van der Waals surface area contributed by atoms with Gasteiger partial charge in [0.1, 0.15) is 35.9 Å². The summed E-state index contributed by atoms with van der Waals surface area (Å²) in [4.78, 5) is 13.2. The van der Waals surface area contributed by atoms with Gasteiger partial charge in [0, 0.05) is 19.6 Å². The van der Waals surface area contributed by atoms with E-state index >= 15 is 0 Å². The maximum atomic E-state index is 13.2. The van der Waals surface area contributed by atoms with Crippen molar-refractivity contribution in [3.8, 4) is 0 Å². The number of carbonyl (C=O) groups is 1. The quantitative estimate of drug-likeness (QED) is 0.299. The van der Waals surface area contributed by atoms with Crippen LogP contribution in [0.25, 0.3) is 0 Å². The van der Waals surface area contributed by atoms with Crippen molar-refractivity contribution in [2.45, 2.75) is 92.4 Å². The molecule has 0 radical (unpaired) electrons. The van der Waals surface area contributed by atoms with Gasteiger partial charge in [-0.15, -0.1) is 23.4 Å². The van der Waals surface area contributed by atoms with Crippen molar-refractivity contribution in [2.24, 2.45) is 11.8 Å². The summed E-state index contributed by atoms with van der Waals surface area (Å²) in [5.41, 5.74) is -0.785. The minimum atomic E-state index is -2.32.